The highest BCUT2D eigenvalue weighted by atomic mass is 19.1. The van der Waals surface area contributed by atoms with E-state index in [0.29, 0.717) is 12.4 Å². The summed E-state index contributed by atoms with van der Waals surface area (Å²) in [4.78, 5) is 35.1. The zero-order valence-electron chi connectivity index (χ0n) is 22.7. The van der Waals surface area contributed by atoms with Crippen molar-refractivity contribution in [1.82, 2.24) is 19.9 Å². The van der Waals surface area contributed by atoms with Gasteiger partial charge in [-0.2, -0.15) is 0 Å². The van der Waals surface area contributed by atoms with E-state index in [1.165, 1.54) is 12.1 Å². The van der Waals surface area contributed by atoms with Crippen LogP contribution < -0.4 is 5.32 Å². The average molecular weight is 545 g/mol. The number of H-pyrrole nitrogens is 1. The fraction of sp³-hybridized carbons (Fsp3) is 0.242. The van der Waals surface area contributed by atoms with Gasteiger partial charge in [0, 0.05) is 52.9 Å². The van der Waals surface area contributed by atoms with E-state index in [1.54, 1.807) is 24.5 Å². The number of aryl methyl sites for hydroxylation is 2. The molecule has 2 aromatic carbocycles. The summed E-state index contributed by atoms with van der Waals surface area (Å²) in [6.45, 7) is 2.78. The molecule has 1 saturated carbocycles. The van der Waals surface area contributed by atoms with E-state index in [1.807, 2.05) is 12.3 Å². The number of nitrogens with one attached hydrogen (secondary N) is 2. The van der Waals surface area contributed by atoms with Crippen LogP contribution in [0.15, 0.2) is 72.1 Å². The number of anilines is 1. The molecule has 41 heavy (non-hydrogen) atoms. The lowest BCUT2D eigenvalue weighted by Gasteiger charge is -2.13. The maximum Gasteiger partial charge on any atom is 0.227 e. The van der Waals surface area contributed by atoms with Crippen molar-refractivity contribution in [3.05, 3.63) is 95.6 Å². The van der Waals surface area contributed by atoms with Crippen LogP contribution in [0.5, 0.6) is 0 Å². The molecule has 8 heteroatoms. The molecule has 1 aliphatic heterocycles. The third-order valence-electron chi connectivity index (χ3n) is 7.79. The maximum absolute atomic E-state index is 13.6. The standard InChI is InChI=1S/C33H29FN6O/c1-2-19-12-22(14-25(13-19)38-33(41)21-5-6-21)23-15-26-28(37-16-23)4-3-11-36-31(26)32-39-29-18-35-17-27(30(29)40-32)20-7-9-24(34)10-8-20/h7-10,12-18,21H,2-6,11H2,1H3,(H,38,41)(H,39,40). The summed E-state index contributed by atoms with van der Waals surface area (Å²) >= 11 is 0. The third-order valence-corrected chi connectivity index (χ3v) is 7.79. The summed E-state index contributed by atoms with van der Waals surface area (Å²) in [7, 11) is 0. The summed E-state index contributed by atoms with van der Waals surface area (Å²) in [5.41, 5.74) is 9.82. The number of aromatic amines is 1. The minimum Gasteiger partial charge on any atom is -0.335 e. The molecule has 0 bridgehead atoms. The number of halogens is 1. The van der Waals surface area contributed by atoms with E-state index >= 15 is 0 Å². The van der Waals surface area contributed by atoms with Crippen LogP contribution in [0.25, 0.3) is 33.3 Å². The lowest BCUT2D eigenvalue weighted by atomic mass is 9.97. The second kappa shape index (κ2) is 10.4. The molecule has 7 nitrogen and oxygen atoms in total. The zero-order chi connectivity index (χ0) is 27.9. The highest BCUT2D eigenvalue weighted by molar-refractivity contribution is 6.13. The molecule has 7 rings (SSSR count). The predicted octanol–water partition coefficient (Wildman–Crippen LogP) is 6.52. The van der Waals surface area contributed by atoms with Crippen LogP contribution in [0.1, 0.15) is 48.8 Å². The lowest BCUT2D eigenvalue weighted by Crippen LogP contribution is -2.13. The van der Waals surface area contributed by atoms with E-state index in [9.17, 15) is 9.18 Å². The van der Waals surface area contributed by atoms with Gasteiger partial charge in [-0.05, 0) is 79.1 Å². The van der Waals surface area contributed by atoms with Gasteiger partial charge in [-0.25, -0.2) is 9.37 Å². The normalized spacial score (nSPS) is 14.8. The van der Waals surface area contributed by atoms with Gasteiger partial charge in [0.05, 0.1) is 17.2 Å². The number of aliphatic imine (C=N–C) groups is 1. The van der Waals surface area contributed by atoms with Crippen LogP contribution in [0.3, 0.4) is 0 Å². The number of pyridine rings is 2. The molecule has 204 valence electrons. The van der Waals surface area contributed by atoms with Crippen LogP contribution in [0.4, 0.5) is 10.1 Å². The van der Waals surface area contributed by atoms with Gasteiger partial charge in [-0.3, -0.25) is 19.8 Å². The van der Waals surface area contributed by atoms with E-state index < -0.39 is 0 Å². The Morgan fingerprint density at radius 1 is 1.00 bits per heavy atom. The highest BCUT2D eigenvalue weighted by Crippen LogP contribution is 2.33. The predicted molar refractivity (Wildman–Crippen MR) is 159 cm³/mol. The summed E-state index contributed by atoms with van der Waals surface area (Å²) in [6, 6.07) is 14.7. The molecule has 0 radical (unpaired) electrons. The van der Waals surface area contributed by atoms with Gasteiger partial charge in [-0.1, -0.05) is 25.1 Å². The van der Waals surface area contributed by atoms with Crippen molar-refractivity contribution in [3.8, 4) is 22.3 Å². The highest BCUT2D eigenvalue weighted by Gasteiger charge is 2.29. The number of nitrogens with zero attached hydrogens (tertiary/aromatic N) is 4. The first kappa shape index (κ1) is 25.3. The molecular weight excluding hydrogens is 515 g/mol. The summed E-state index contributed by atoms with van der Waals surface area (Å²) in [5.74, 6) is 0.599. The van der Waals surface area contributed by atoms with E-state index in [4.69, 9.17) is 15.0 Å². The Bertz CT molecular complexity index is 1820. The molecule has 5 aromatic rings. The van der Waals surface area contributed by atoms with E-state index in [-0.39, 0.29) is 17.6 Å². The molecule has 1 aliphatic carbocycles. The number of rotatable bonds is 6. The quantitative estimate of drug-likeness (QED) is 0.254. The SMILES string of the molecule is CCc1cc(NC(=O)C2CC2)cc(-c2cnc3c(c2)C(c2nc4c(-c5ccc(F)cc5)cncc4[nH]2)=NCCC3)c1. The van der Waals surface area contributed by atoms with Crippen LogP contribution in [0, 0.1) is 11.7 Å². The number of benzene rings is 2. The number of hydrogen-bond donors (Lipinski definition) is 2. The van der Waals surface area contributed by atoms with Gasteiger partial charge < -0.3 is 10.3 Å². The Labute approximate surface area is 237 Å². The van der Waals surface area contributed by atoms with Crippen LogP contribution in [-0.2, 0) is 17.6 Å². The Kier molecular flexibility index (Phi) is 6.38. The molecule has 1 fully saturated rings. The van der Waals surface area contributed by atoms with Crippen molar-refractivity contribution in [2.24, 2.45) is 10.9 Å². The van der Waals surface area contributed by atoms with E-state index in [0.717, 1.165) is 93.6 Å². The first-order valence-electron chi connectivity index (χ1n) is 14.1. The largest absolute Gasteiger partial charge is 0.335 e. The minimum atomic E-state index is -0.286. The van der Waals surface area contributed by atoms with Crippen molar-refractivity contribution in [2.45, 2.75) is 39.0 Å². The van der Waals surface area contributed by atoms with Gasteiger partial charge >= 0.3 is 0 Å². The van der Waals surface area contributed by atoms with Gasteiger partial charge in [0.2, 0.25) is 5.91 Å². The molecule has 2 aliphatic rings. The van der Waals surface area contributed by atoms with Gasteiger partial charge in [0.15, 0.2) is 5.82 Å². The van der Waals surface area contributed by atoms with Crippen LogP contribution in [0.2, 0.25) is 0 Å². The number of carbonyl (C=O) groups is 1. The molecule has 1 amide bonds. The van der Waals surface area contributed by atoms with E-state index in [2.05, 4.69) is 40.4 Å². The van der Waals surface area contributed by atoms with Crippen LogP contribution in [-0.4, -0.2) is 38.1 Å². The zero-order valence-corrected chi connectivity index (χ0v) is 22.7. The first-order chi connectivity index (χ1) is 20.1. The molecule has 2 N–H and O–H groups in total. The number of imidazole rings is 1. The number of carbonyl (C=O) groups excluding carboxylic acids is 1. The molecule has 4 heterocycles. The van der Waals surface area contributed by atoms with Crippen molar-refractivity contribution >= 4 is 28.3 Å². The fourth-order valence-electron chi connectivity index (χ4n) is 5.39. The van der Waals surface area contributed by atoms with Crippen LogP contribution >= 0.6 is 0 Å². The minimum absolute atomic E-state index is 0.0954. The molecule has 0 atom stereocenters. The Hall–Kier alpha value is -4.72. The molecule has 3 aromatic heterocycles. The first-order valence-corrected chi connectivity index (χ1v) is 14.1. The summed E-state index contributed by atoms with van der Waals surface area (Å²) < 4.78 is 13.6. The summed E-state index contributed by atoms with van der Waals surface area (Å²) in [5, 5.41) is 3.11. The maximum atomic E-state index is 13.6. The van der Waals surface area contributed by atoms with Gasteiger partial charge in [0.25, 0.3) is 0 Å². The van der Waals surface area contributed by atoms with Gasteiger partial charge in [0.1, 0.15) is 11.5 Å². The topological polar surface area (TPSA) is 95.9 Å². The second-order valence-corrected chi connectivity index (χ2v) is 10.8. The number of aromatic nitrogens is 4. The number of hydrogen-bond acceptors (Lipinski definition) is 5. The number of amides is 1. The van der Waals surface area contributed by atoms with Crippen molar-refractivity contribution in [3.63, 3.8) is 0 Å². The Morgan fingerprint density at radius 2 is 1.85 bits per heavy atom. The molecule has 0 unspecified atom stereocenters. The molecule has 0 saturated heterocycles. The summed E-state index contributed by atoms with van der Waals surface area (Å²) in [6.07, 6.45) is 9.92. The molecular formula is C33H29FN6O. The van der Waals surface area contributed by atoms with Crippen molar-refractivity contribution < 1.29 is 9.18 Å². The smallest absolute Gasteiger partial charge is 0.227 e. The van der Waals surface area contributed by atoms with Crippen molar-refractivity contribution in [2.75, 3.05) is 11.9 Å². The van der Waals surface area contributed by atoms with Crippen molar-refractivity contribution in [1.29, 1.82) is 0 Å². The average Bonchev–Trinajstić information content (AvgIpc) is 3.79. The third kappa shape index (κ3) is 5.01. The Balaban J connectivity index is 1.30. The number of fused-ring (bicyclic) bond motifs is 2. The fourth-order valence-corrected chi connectivity index (χ4v) is 5.39. The van der Waals surface area contributed by atoms with Gasteiger partial charge in [-0.15, -0.1) is 0 Å². The Morgan fingerprint density at radius 3 is 2.66 bits per heavy atom. The molecule has 0 spiro atoms. The second-order valence-electron chi connectivity index (χ2n) is 10.8. The monoisotopic (exact) mass is 544 g/mol. The lowest BCUT2D eigenvalue weighted by molar-refractivity contribution is -0.117.